The summed E-state index contributed by atoms with van der Waals surface area (Å²) in [5, 5.41) is 0. The smallest absolute Gasteiger partial charge is 0.0740 e. The largest absolute Gasteiger partial charge is 0.0823 e. The van der Waals surface area contributed by atoms with E-state index in [4.69, 9.17) is 0 Å². The van der Waals surface area contributed by atoms with Crippen molar-refractivity contribution in [1.29, 1.82) is 0 Å². The van der Waals surface area contributed by atoms with Gasteiger partial charge < -0.3 is 0 Å². The molecule has 0 nitrogen and oxygen atoms in total. The molecule has 2 saturated carbocycles. The van der Waals surface area contributed by atoms with Crippen LogP contribution >= 0.6 is 0 Å². The molecule has 0 saturated heterocycles. The molecule has 0 heterocycles. The first kappa shape index (κ1) is 20.5. The van der Waals surface area contributed by atoms with E-state index in [0.717, 1.165) is 11.6 Å². The molecular weight excluding hydrogens is 285 g/mol. The molecule has 0 bridgehead atoms. The van der Waals surface area contributed by atoms with Gasteiger partial charge in [-0.05, 0) is 0 Å². The molecule has 0 N–H and O–H groups in total. The van der Waals surface area contributed by atoms with Crippen LogP contribution in [-0.4, -0.2) is 21.4 Å². The van der Waals surface area contributed by atoms with Gasteiger partial charge in [-0.15, -0.1) is 0 Å². The van der Waals surface area contributed by atoms with Crippen molar-refractivity contribution in [3.8, 4) is 0 Å². The van der Waals surface area contributed by atoms with E-state index in [9.17, 15) is 0 Å². The first-order chi connectivity index (χ1) is 11.9. The van der Waals surface area contributed by atoms with Crippen molar-refractivity contribution in [1.82, 2.24) is 0 Å². The van der Waals surface area contributed by atoms with Crippen molar-refractivity contribution < 1.29 is 0 Å². The minimum atomic E-state index is 1.07. The maximum Gasteiger partial charge on any atom is 0.0823 e. The van der Waals surface area contributed by atoms with Crippen LogP contribution in [0.4, 0.5) is 0 Å². The first-order valence-corrected chi connectivity index (χ1v) is 11.9. The number of rotatable bonds is 4. The standard InChI is InChI=1S/C21H43B3/c1-2-5-9-13-17-20(16-12-8-4-1)22-24-23-21-18-14-10-6-3-7-11-15-19-21/h20-24H,1-19H2. The molecule has 0 aliphatic heterocycles. The van der Waals surface area contributed by atoms with Crippen LogP contribution in [0, 0.1) is 0 Å². The van der Waals surface area contributed by atoms with E-state index in [2.05, 4.69) is 0 Å². The van der Waals surface area contributed by atoms with E-state index >= 15 is 0 Å². The molecule has 2 aliphatic rings. The van der Waals surface area contributed by atoms with Gasteiger partial charge >= 0.3 is 0 Å². The lowest BCUT2D eigenvalue weighted by Crippen LogP contribution is -2.22. The zero-order chi connectivity index (χ0) is 16.7. The Morgan fingerprint density at radius 3 is 0.875 bits per heavy atom. The molecule has 24 heavy (non-hydrogen) atoms. The van der Waals surface area contributed by atoms with Gasteiger partial charge in [0.1, 0.15) is 0 Å². The van der Waals surface area contributed by atoms with E-state index < -0.39 is 0 Å². The summed E-state index contributed by atoms with van der Waals surface area (Å²) in [6.45, 7) is 0. The molecule has 0 atom stereocenters. The average Bonchev–Trinajstić information content (AvgIpc) is 2.66. The van der Waals surface area contributed by atoms with Crippen molar-refractivity contribution in [2.45, 2.75) is 134 Å². The molecule has 0 radical (unpaired) electrons. The molecule has 0 amide bonds. The highest BCUT2D eigenvalue weighted by Crippen LogP contribution is 2.27. The molecule has 2 aliphatic carbocycles. The Bertz CT molecular complexity index is 260. The van der Waals surface area contributed by atoms with Gasteiger partial charge in [-0.3, -0.25) is 0 Å². The Morgan fingerprint density at radius 2 is 0.583 bits per heavy atom. The summed E-state index contributed by atoms with van der Waals surface area (Å²) in [6, 6.07) is 0. The second kappa shape index (κ2) is 14.4. The van der Waals surface area contributed by atoms with Gasteiger partial charge in [0.05, 0.1) is 21.4 Å². The van der Waals surface area contributed by atoms with Crippen molar-refractivity contribution in [3.63, 3.8) is 0 Å². The highest BCUT2D eigenvalue weighted by molar-refractivity contribution is 7.30. The predicted octanol–water partition coefficient (Wildman–Crippen LogP) is 6.14. The second-order valence-electron chi connectivity index (χ2n) is 9.12. The minimum absolute atomic E-state index is 1.07. The van der Waals surface area contributed by atoms with Crippen LogP contribution in [0.3, 0.4) is 0 Å². The first-order valence-electron chi connectivity index (χ1n) is 11.9. The third kappa shape index (κ3) is 10.2. The van der Waals surface area contributed by atoms with E-state index in [-0.39, 0.29) is 0 Å². The molecule has 2 rings (SSSR count). The topological polar surface area (TPSA) is 0 Å². The van der Waals surface area contributed by atoms with Gasteiger partial charge in [-0.25, -0.2) is 0 Å². The normalized spacial score (nSPS) is 24.5. The molecule has 0 aromatic rings. The van der Waals surface area contributed by atoms with Crippen LogP contribution in [0.15, 0.2) is 0 Å². The summed E-state index contributed by atoms with van der Waals surface area (Å²) in [7, 11) is 4.64. The van der Waals surface area contributed by atoms with Gasteiger partial charge in [0, 0.05) is 0 Å². The van der Waals surface area contributed by atoms with E-state index in [1.54, 1.807) is 40.0 Å². The van der Waals surface area contributed by atoms with Gasteiger partial charge in [0.25, 0.3) is 0 Å². The highest BCUT2D eigenvalue weighted by Gasteiger charge is 2.16. The summed E-state index contributed by atoms with van der Waals surface area (Å²) in [5.41, 5.74) is 0. The average molecular weight is 328 g/mol. The summed E-state index contributed by atoms with van der Waals surface area (Å²) in [4.78, 5) is 0. The monoisotopic (exact) mass is 328 g/mol. The lowest BCUT2D eigenvalue weighted by Gasteiger charge is -2.19. The summed E-state index contributed by atoms with van der Waals surface area (Å²) in [5.74, 6) is 2.15. The Kier molecular flexibility index (Phi) is 12.3. The maximum absolute atomic E-state index is 1.55. The SMILES string of the molecule is B(BC1CCCCCCCCCC1)BC1CCCCCCCCC1. The molecule has 0 unspecified atom stereocenters. The van der Waals surface area contributed by atoms with Gasteiger partial charge in [-0.1, -0.05) is 134 Å². The third-order valence-corrected chi connectivity index (χ3v) is 6.92. The fourth-order valence-electron chi connectivity index (χ4n) is 5.24. The zero-order valence-electron chi connectivity index (χ0n) is 16.7. The van der Waals surface area contributed by atoms with Crippen molar-refractivity contribution in [2.75, 3.05) is 0 Å². The maximum atomic E-state index is 1.55. The minimum Gasteiger partial charge on any atom is -0.0740 e. The third-order valence-electron chi connectivity index (χ3n) is 6.92. The Morgan fingerprint density at radius 1 is 0.333 bits per heavy atom. The van der Waals surface area contributed by atoms with Crippen LogP contribution in [0.2, 0.25) is 11.6 Å². The molecular formula is C21H43B3. The van der Waals surface area contributed by atoms with Gasteiger partial charge in [-0.2, -0.15) is 0 Å². The summed E-state index contributed by atoms with van der Waals surface area (Å²) in [6.07, 6.45) is 28.9. The Labute approximate surface area is 155 Å². The van der Waals surface area contributed by atoms with Gasteiger partial charge in [0.2, 0.25) is 0 Å². The summed E-state index contributed by atoms with van der Waals surface area (Å²) >= 11 is 0. The van der Waals surface area contributed by atoms with Crippen LogP contribution in [0.1, 0.15) is 122 Å². The lowest BCUT2D eigenvalue weighted by atomic mass is 9.14. The van der Waals surface area contributed by atoms with Crippen LogP contribution < -0.4 is 0 Å². The molecule has 2 fully saturated rings. The highest BCUT2D eigenvalue weighted by atomic mass is 14.1. The molecule has 136 valence electrons. The van der Waals surface area contributed by atoms with E-state index in [0.29, 0.717) is 0 Å². The van der Waals surface area contributed by atoms with Crippen LogP contribution in [0.5, 0.6) is 0 Å². The van der Waals surface area contributed by atoms with E-state index in [1.165, 1.54) is 103 Å². The van der Waals surface area contributed by atoms with Crippen LogP contribution in [0.25, 0.3) is 0 Å². The number of hydrogen-bond acceptors (Lipinski definition) is 0. The van der Waals surface area contributed by atoms with E-state index in [1.807, 2.05) is 0 Å². The fraction of sp³-hybridized carbons (Fsp3) is 1.00. The Hall–Kier alpha value is 0.195. The summed E-state index contributed by atoms with van der Waals surface area (Å²) < 4.78 is 0. The molecule has 0 aromatic carbocycles. The van der Waals surface area contributed by atoms with Gasteiger partial charge in [0.15, 0.2) is 0 Å². The predicted molar refractivity (Wildman–Crippen MR) is 117 cm³/mol. The second-order valence-corrected chi connectivity index (χ2v) is 9.12. The van der Waals surface area contributed by atoms with Crippen molar-refractivity contribution in [3.05, 3.63) is 0 Å². The molecule has 3 heteroatoms. The fourth-order valence-corrected chi connectivity index (χ4v) is 5.24. The quantitative estimate of drug-likeness (QED) is 0.544. The Balaban J connectivity index is 1.63. The van der Waals surface area contributed by atoms with Crippen molar-refractivity contribution in [2.24, 2.45) is 0 Å². The lowest BCUT2D eigenvalue weighted by molar-refractivity contribution is 0.503. The van der Waals surface area contributed by atoms with Crippen molar-refractivity contribution >= 4 is 21.4 Å². The number of hydrogen-bond donors (Lipinski definition) is 0. The zero-order valence-corrected chi connectivity index (χ0v) is 16.7. The molecule has 0 spiro atoms. The molecule has 0 aromatic heterocycles. The van der Waals surface area contributed by atoms with Crippen LogP contribution in [-0.2, 0) is 0 Å².